The summed E-state index contributed by atoms with van der Waals surface area (Å²) in [4.78, 5) is 0. The Kier molecular flexibility index (Phi) is 12.4. The average Bonchev–Trinajstić information content (AvgIpc) is 2.92. The van der Waals surface area contributed by atoms with Gasteiger partial charge in [0.2, 0.25) is 0 Å². The van der Waals surface area contributed by atoms with Crippen LogP contribution in [-0.2, 0) is 33.2 Å². The number of rotatable bonds is 10. The van der Waals surface area contributed by atoms with E-state index in [1.165, 1.54) is 49.7 Å². The second kappa shape index (κ2) is 14.7. The molecule has 248 valence electrons. The topological polar surface area (TPSA) is 40.5 Å². The first-order chi connectivity index (χ1) is 20.3. The molecule has 3 rings (SSSR count). The van der Waals surface area contributed by atoms with Gasteiger partial charge in [0, 0.05) is 44.3 Å². The highest BCUT2D eigenvalue weighted by Gasteiger charge is 2.31. The fourth-order valence-electron chi connectivity index (χ4n) is 6.08. The zero-order chi connectivity index (χ0) is 33.1. The molecule has 2 aromatic rings. The Morgan fingerprint density at radius 3 is 1.20 bits per heavy atom. The van der Waals surface area contributed by atoms with Gasteiger partial charge < -0.3 is 10.2 Å². The van der Waals surface area contributed by atoms with Gasteiger partial charge in [-0.25, -0.2) is 0 Å². The normalized spacial score (nSPS) is 19.1. The Bertz CT molecular complexity index is 1150. The van der Waals surface area contributed by atoms with Gasteiger partial charge in [0.15, 0.2) is 0 Å². The molecule has 1 saturated carbocycles. The maximum Gasteiger partial charge on any atom is 0.123 e. The lowest BCUT2D eigenvalue weighted by Crippen LogP contribution is -2.23. The van der Waals surface area contributed by atoms with Gasteiger partial charge in [0.25, 0.3) is 0 Å². The van der Waals surface area contributed by atoms with Gasteiger partial charge in [0.05, 0.1) is 0 Å². The van der Waals surface area contributed by atoms with Crippen LogP contribution in [0.3, 0.4) is 0 Å². The quantitative estimate of drug-likeness (QED) is 0.271. The lowest BCUT2D eigenvalue weighted by atomic mass is 9.77. The molecule has 44 heavy (non-hydrogen) atoms. The molecule has 1 aliphatic rings. The van der Waals surface area contributed by atoms with Crippen LogP contribution in [0.5, 0.6) is 11.5 Å². The van der Waals surface area contributed by atoms with Gasteiger partial charge in [0.1, 0.15) is 11.5 Å². The Morgan fingerprint density at radius 1 is 0.568 bits per heavy atom. The second-order valence-corrected chi connectivity index (χ2v) is 19.2. The molecule has 0 spiro atoms. The van der Waals surface area contributed by atoms with E-state index in [0.29, 0.717) is 22.0 Å². The van der Waals surface area contributed by atoms with Crippen LogP contribution in [0.15, 0.2) is 24.3 Å². The number of hydrogen-bond donors (Lipinski definition) is 2. The summed E-state index contributed by atoms with van der Waals surface area (Å²) in [5.41, 5.74) is 6.89. The van der Waals surface area contributed by atoms with Gasteiger partial charge in [-0.1, -0.05) is 133 Å². The maximum absolute atomic E-state index is 11.6. The summed E-state index contributed by atoms with van der Waals surface area (Å²) >= 11 is 4.11. The van der Waals surface area contributed by atoms with E-state index in [-0.39, 0.29) is 21.7 Å². The second-order valence-electron chi connectivity index (χ2n) is 16.7. The Hall–Kier alpha value is -1.26. The van der Waals surface area contributed by atoms with Crippen LogP contribution in [0, 0.1) is 0 Å². The Morgan fingerprint density at radius 2 is 0.909 bits per heavy atom. The molecule has 0 heterocycles. The monoisotopic (exact) mass is 640 g/mol. The van der Waals surface area contributed by atoms with Crippen molar-refractivity contribution in [1.29, 1.82) is 0 Å². The van der Waals surface area contributed by atoms with E-state index in [0.717, 1.165) is 46.6 Å². The molecule has 1 fully saturated rings. The summed E-state index contributed by atoms with van der Waals surface area (Å²) in [7, 11) is 0. The van der Waals surface area contributed by atoms with Crippen LogP contribution in [0.4, 0.5) is 0 Å². The Labute approximate surface area is 280 Å². The van der Waals surface area contributed by atoms with E-state index >= 15 is 0 Å². The van der Waals surface area contributed by atoms with E-state index in [1.54, 1.807) is 0 Å². The summed E-state index contributed by atoms with van der Waals surface area (Å²) in [6, 6.07) is 9.06. The SMILES string of the molecule is CCC(C)(C)c1cc(C(C)(C)C)cc(CS[C@H]2CCCCCC[C@@H]2SCc2cc(C(C)(C)C)cc(C(C)(C)CC)c2O)c1O. The van der Waals surface area contributed by atoms with Gasteiger partial charge >= 0.3 is 0 Å². The third-order valence-electron chi connectivity index (χ3n) is 10.4. The molecule has 0 saturated heterocycles. The van der Waals surface area contributed by atoms with Crippen molar-refractivity contribution >= 4 is 23.5 Å². The minimum absolute atomic E-state index is 0.0269. The largest absolute Gasteiger partial charge is 0.507 e. The fourth-order valence-corrected chi connectivity index (χ4v) is 9.15. The first kappa shape index (κ1) is 37.2. The first-order valence-corrected chi connectivity index (χ1v) is 19.4. The van der Waals surface area contributed by atoms with Crippen molar-refractivity contribution in [2.45, 2.75) is 178 Å². The third kappa shape index (κ3) is 9.18. The number of hydrogen-bond acceptors (Lipinski definition) is 4. The van der Waals surface area contributed by atoms with Crippen molar-refractivity contribution < 1.29 is 10.2 Å². The molecule has 0 radical (unpaired) electrons. The number of aromatic hydroxyl groups is 2. The molecular weight excluding hydrogens is 577 g/mol. The van der Waals surface area contributed by atoms with E-state index in [9.17, 15) is 10.2 Å². The lowest BCUT2D eigenvalue weighted by Gasteiger charge is -2.32. The summed E-state index contributed by atoms with van der Waals surface area (Å²) in [6.45, 7) is 27.1. The van der Waals surface area contributed by atoms with Crippen molar-refractivity contribution in [1.82, 2.24) is 0 Å². The molecule has 2 aromatic carbocycles. The molecule has 2 atom stereocenters. The highest BCUT2D eigenvalue weighted by Crippen LogP contribution is 2.45. The van der Waals surface area contributed by atoms with Gasteiger partial charge in [-0.15, -0.1) is 0 Å². The van der Waals surface area contributed by atoms with E-state index in [1.807, 2.05) is 0 Å². The smallest absolute Gasteiger partial charge is 0.123 e. The molecule has 0 aromatic heterocycles. The van der Waals surface area contributed by atoms with Gasteiger partial charge in [-0.05, 0) is 58.5 Å². The molecule has 2 N–H and O–H groups in total. The molecule has 2 nitrogen and oxygen atoms in total. The number of phenolic OH excluding ortho intramolecular Hbond substituents is 2. The van der Waals surface area contributed by atoms with Crippen LogP contribution in [0.25, 0.3) is 0 Å². The van der Waals surface area contributed by atoms with Gasteiger partial charge in [-0.2, -0.15) is 23.5 Å². The van der Waals surface area contributed by atoms with Crippen molar-refractivity contribution in [3.63, 3.8) is 0 Å². The van der Waals surface area contributed by atoms with Crippen molar-refractivity contribution in [2.24, 2.45) is 0 Å². The van der Waals surface area contributed by atoms with E-state index < -0.39 is 0 Å². The molecule has 4 heteroatoms. The fraction of sp³-hybridized carbons (Fsp3) is 0.700. The van der Waals surface area contributed by atoms with Crippen molar-refractivity contribution in [3.05, 3.63) is 57.6 Å². The van der Waals surface area contributed by atoms with Crippen LogP contribution < -0.4 is 0 Å². The predicted molar refractivity (Wildman–Crippen MR) is 198 cm³/mol. The summed E-state index contributed by atoms with van der Waals surface area (Å²) in [5, 5.41) is 24.2. The highest BCUT2D eigenvalue weighted by molar-refractivity contribution is 8.03. The molecule has 0 unspecified atom stereocenters. The summed E-state index contributed by atoms with van der Waals surface area (Å²) in [6.07, 6.45) is 9.60. The first-order valence-electron chi connectivity index (χ1n) is 17.3. The summed E-state index contributed by atoms with van der Waals surface area (Å²) < 4.78 is 0. The minimum atomic E-state index is -0.0713. The van der Waals surface area contributed by atoms with Crippen molar-refractivity contribution in [2.75, 3.05) is 0 Å². The zero-order valence-electron chi connectivity index (χ0n) is 30.2. The van der Waals surface area contributed by atoms with Crippen LogP contribution in [0.2, 0.25) is 0 Å². The van der Waals surface area contributed by atoms with E-state index in [2.05, 4.69) is 131 Å². The molecule has 0 bridgehead atoms. The highest BCUT2D eigenvalue weighted by atomic mass is 32.2. The molecular formula is C40H64O2S2. The third-order valence-corrected chi connectivity index (χ3v) is 13.5. The standard InChI is InChI=1S/C40H64O2S2/c1-13-39(9,10)31-23-29(37(3,4)5)21-27(35(31)41)25-43-33-19-17-15-16-18-20-34(33)44-26-28-22-30(38(6,7)8)24-32(36(28)42)40(11,12)14-2/h21-24,33-34,41-42H,13-20,25-26H2,1-12H3/t33-,34-/m0/s1. The Balaban J connectivity index is 1.92. The molecule has 0 amide bonds. The summed E-state index contributed by atoms with van der Waals surface area (Å²) in [5.74, 6) is 2.68. The number of thioether (sulfide) groups is 2. The van der Waals surface area contributed by atoms with Crippen LogP contribution in [0.1, 0.15) is 168 Å². The zero-order valence-corrected chi connectivity index (χ0v) is 31.9. The lowest BCUT2D eigenvalue weighted by molar-refractivity contribution is 0.422. The number of phenols is 2. The predicted octanol–water partition coefficient (Wildman–Crippen LogP) is 12.3. The number of benzene rings is 2. The van der Waals surface area contributed by atoms with Crippen LogP contribution >= 0.6 is 23.5 Å². The van der Waals surface area contributed by atoms with Gasteiger partial charge in [-0.3, -0.25) is 0 Å². The molecule has 0 aliphatic heterocycles. The average molecular weight is 641 g/mol. The minimum Gasteiger partial charge on any atom is -0.507 e. The maximum atomic E-state index is 11.6. The molecule has 1 aliphatic carbocycles. The van der Waals surface area contributed by atoms with Crippen molar-refractivity contribution in [3.8, 4) is 11.5 Å². The van der Waals surface area contributed by atoms with Crippen LogP contribution in [-0.4, -0.2) is 20.7 Å². The van der Waals surface area contributed by atoms with E-state index in [4.69, 9.17) is 0 Å².